The van der Waals surface area contributed by atoms with Gasteiger partial charge in [-0.2, -0.15) is 0 Å². The van der Waals surface area contributed by atoms with E-state index in [1.165, 1.54) is 12.1 Å². The molecule has 0 unspecified atom stereocenters. The first kappa shape index (κ1) is 29.8. The third-order valence-electron chi connectivity index (χ3n) is 7.48. The number of carbonyl (C=O) groups excluding carboxylic acids is 2. The Morgan fingerprint density at radius 3 is 2.56 bits per heavy atom. The van der Waals surface area contributed by atoms with Gasteiger partial charge in [-0.05, 0) is 86.7 Å². The quantitative estimate of drug-likeness (QED) is 0.220. The number of aromatic nitrogens is 1. The average Bonchev–Trinajstić information content (AvgIpc) is 3.02. The Labute approximate surface area is 249 Å². The van der Waals surface area contributed by atoms with Crippen molar-refractivity contribution in [2.45, 2.75) is 26.2 Å². The number of carbonyl (C=O) groups is 2. The van der Waals surface area contributed by atoms with Gasteiger partial charge in [0.05, 0.1) is 13.7 Å². The van der Waals surface area contributed by atoms with Crippen molar-refractivity contribution in [3.8, 4) is 23.0 Å². The molecule has 4 aromatic rings. The van der Waals surface area contributed by atoms with Crippen molar-refractivity contribution in [1.82, 2.24) is 15.6 Å². The van der Waals surface area contributed by atoms with Crippen molar-refractivity contribution in [2.75, 3.05) is 38.7 Å². The van der Waals surface area contributed by atoms with Gasteiger partial charge in [0.25, 0.3) is 0 Å². The van der Waals surface area contributed by atoms with Gasteiger partial charge in [-0.25, -0.2) is 4.39 Å². The van der Waals surface area contributed by atoms with E-state index in [4.69, 9.17) is 14.2 Å². The molecule has 5 rings (SSSR count). The van der Waals surface area contributed by atoms with E-state index in [1.54, 1.807) is 25.4 Å². The zero-order valence-corrected chi connectivity index (χ0v) is 24.2. The van der Waals surface area contributed by atoms with Crippen LogP contribution in [0, 0.1) is 18.7 Å². The van der Waals surface area contributed by atoms with Gasteiger partial charge in [0.1, 0.15) is 11.3 Å². The van der Waals surface area contributed by atoms with Gasteiger partial charge in [-0.3, -0.25) is 14.6 Å². The summed E-state index contributed by atoms with van der Waals surface area (Å²) in [6.45, 7) is 4.85. The molecule has 0 saturated carbocycles. The number of pyridine rings is 1. The average molecular weight is 587 g/mol. The standard InChI is InChI=1S/C33H35FN4O5/c1-21-5-3-4-6-23(21)13-17-37-32(39)33(40)38-24-7-9-28(26(34)19-24)43-27-14-18-36-30-25(27)8-10-29(31(30)41-2)42-20-22-11-15-35-16-12-22/h3-10,14,18-19,22,35H,11-13,15-17,20H2,1-2H3,(H,37,39)(H,38,40). The molecule has 0 spiro atoms. The highest BCUT2D eigenvalue weighted by Gasteiger charge is 2.19. The third kappa shape index (κ3) is 7.39. The molecule has 0 bridgehead atoms. The molecule has 224 valence electrons. The van der Waals surface area contributed by atoms with Crippen molar-refractivity contribution in [1.29, 1.82) is 0 Å². The summed E-state index contributed by atoms with van der Waals surface area (Å²) in [5, 5.41) is 9.00. The predicted octanol–water partition coefficient (Wildman–Crippen LogP) is 5.16. The molecular weight excluding hydrogens is 551 g/mol. The molecule has 10 heteroatoms. The molecule has 1 aliphatic rings. The van der Waals surface area contributed by atoms with Crippen molar-refractivity contribution in [2.24, 2.45) is 5.92 Å². The number of methoxy groups -OCH3 is 1. The molecule has 0 atom stereocenters. The van der Waals surface area contributed by atoms with Gasteiger partial charge < -0.3 is 30.2 Å². The molecule has 2 heterocycles. The van der Waals surface area contributed by atoms with E-state index in [0.717, 1.165) is 43.1 Å². The van der Waals surface area contributed by atoms with Crippen LogP contribution in [-0.4, -0.2) is 50.1 Å². The van der Waals surface area contributed by atoms with E-state index in [-0.39, 0.29) is 11.4 Å². The maximum absolute atomic E-state index is 15.1. The molecular formula is C33H35FN4O5. The van der Waals surface area contributed by atoms with Crippen LogP contribution in [0.4, 0.5) is 10.1 Å². The topological polar surface area (TPSA) is 111 Å². The maximum atomic E-state index is 15.1. The summed E-state index contributed by atoms with van der Waals surface area (Å²) in [6, 6.07) is 17.0. The molecule has 1 saturated heterocycles. The number of halogens is 1. The number of ether oxygens (including phenoxy) is 3. The molecule has 1 aliphatic heterocycles. The largest absolute Gasteiger partial charge is 0.491 e. The predicted molar refractivity (Wildman–Crippen MR) is 162 cm³/mol. The lowest BCUT2D eigenvalue weighted by Gasteiger charge is -2.23. The molecule has 0 radical (unpaired) electrons. The fourth-order valence-electron chi connectivity index (χ4n) is 5.05. The Balaban J connectivity index is 1.22. The lowest BCUT2D eigenvalue weighted by molar-refractivity contribution is -0.136. The van der Waals surface area contributed by atoms with Crippen LogP contribution in [-0.2, 0) is 16.0 Å². The summed E-state index contributed by atoms with van der Waals surface area (Å²) in [5.41, 5.74) is 2.85. The summed E-state index contributed by atoms with van der Waals surface area (Å²) in [7, 11) is 1.55. The number of hydrogen-bond acceptors (Lipinski definition) is 7. The van der Waals surface area contributed by atoms with Crippen LogP contribution >= 0.6 is 0 Å². The SMILES string of the molecule is COc1c(OCC2CCNCC2)ccc2c(Oc3ccc(NC(=O)C(=O)NCCc4ccccc4C)cc3F)ccnc12. The molecule has 0 aliphatic carbocycles. The van der Waals surface area contributed by atoms with E-state index in [9.17, 15) is 9.59 Å². The Morgan fingerprint density at radius 2 is 1.79 bits per heavy atom. The van der Waals surface area contributed by atoms with Crippen LogP contribution in [0.15, 0.2) is 66.9 Å². The number of aryl methyl sites for hydroxylation is 1. The first-order valence-corrected chi connectivity index (χ1v) is 14.3. The zero-order valence-electron chi connectivity index (χ0n) is 24.2. The number of anilines is 1. The summed E-state index contributed by atoms with van der Waals surface area (Å²) in [4.78, 5) is 29.1. The molecule has 1 aromatic heterocycles. The van der Waals surface area contributed by atoms with Gasteiger partial charge in [0.2, 0.25) is 0 Å². The minimum atomic E-state index is -0.886. The molecule has 3 aromatic carbocycles. The van der Waals surface area contributed by atoms with Crippen molar-refractivity contribution in [3.63, 3.8) is 0 Å². The second kappa shape index (κ2) is 14.0. The minimum Gasteiger partial charge on any atom is -0.491 e. The Kier molecular flexibility index (Phi) is 9.68. The van der Waals surface area contributed by atoms with E-state index >= 15 is 4.39 Å². The Morgan fingerprint density at radius 1 is 1.00 bits per heavy atom. The van der Waals surface area contributed by atoms with Crippen LogP contribution in [0.5, 0.6) is 23.0 Å². The first-order valence-electron chi connectivity index (χ1n) is 14.3. The van der Waals surface area contributed by atoms with E-state index in [2.05, 4.69) is 20.9 Å². The van der Waals surface area contributed by atoms with E-state index in [1.807, 2.05) is 37.3 Å². The fourth-order valence-corrected chi connectivity index (χ4v) is 5.05. The number of nitrogens with zero attached hydrogens (tertiary/aromatic N) is 1. The third-order valence-corrected chi connectivity index (χ3v) is 7.48. The normalized spacial score (nSPS) is 13.4. The molecule has 3 N–H and O–H groups in total. The summed E-state index contributed by atoms with van der Waals surface area (Å²) in [5.74, 6) is -0.546. The highest BCUT2D eigenvalue weighted by atomic mass is 19.1. The molecule has 1 fully saturated rings. The number of rotatable bonds is 10. The summed E-state index contributed by atoms with van der Waals surface area (Å²) >= 11 is 0. The van der Waals surface area contributed by atoms with Crippen LogP contribution < -0.4 is 30.2 Å². The second-order valence-electron chi connectivity index (χ2n) is 10.4. The molecule has 2 amide bonds. The van der Waals surface area contributed by atoms with Crippen molar-refractivity contribution >= 4 is 28.4 Å². The van der Waals surface area contributed by atoms with Crippen LogP contribution in [0.3, 0.4) is 0 Å². The van der Waals surface area contributed by atoms with Crippen LogP contribution in [0.25, 0.3) is 10.9 Å². The number of fused-ring (bicyclic) bond motifs is 1. The van der Waals surface area contributed by atoms with Gasteiger partial charge in [-0.1, -0.05) is 24.3 Å². The van der Waals surface area contributed by atoms with E-state index < -0.39 is 17.6 Å². The second-order valence-corrected chi connectivity index (χ2v) is 10.4. The number of piperidine rings is 1. The van der Waals surface area contributed by atoms with Crippen molar-refractivity contribution in [3.05, 3.63) is 83.8 Å². The number of amides is 2. The zero-order chi connectivity index (χ0) is 30.2. The van der Waals surface area contributed by atoms with Gasteiger partial charge >= 0.3 is 11.8 Å². The highest BCUT2D eigenvalue weighted by Crippen LogP contribution is 2.40. The smallest absolute Gasteiger partial charge is 0.313 e. The van der Waals surface area contributed by atoms with Crippen LogP contribution in [0.2, 0.25) is 0 Å². The summed E-state index contributed by atoms with van der Waals surface area (Å²) < 4.78 is 32.7. The van der Waals surface area contributed by atoms with Gasteiger partial charge in [0.15, 0.2) is 23.1 Å². The van der Waals surface area contributed by atoms with E-state index in [0.29, 0.717) is 53.6 Å². The Hall–Kier alpha value is -4.70. The molecule has 43 heavy (non-hydrogen) atoms. The van der Waals surface area contributed by atoms with Crippen molar-refractivity contribution < 1.29 is 28.2 Å². The number of nitrogens with one attached hydrogen (secondary N) is 3. The number of hydrogen-bond donors (Lipinski definition) is 3. The monoisotopic (exact) mass is 586 g/mol. The van der Waals surface area contributed by atoms with Crippen LogP contribution in [0.1, 0.15) is 24.0 Å². The summed E-state index contributed by atoms with van der Waals surface area (Å²) in [6.07, 6.45) is 4.26. The molecule has 9 nitrogen and oxygen atoms in total. The Bertz CT molecular complexity index is 1610. The maximum Gasteiger partial charge on any atom is 0.313 e. The van der Waals surface area contributed by atoms with Gasteiger partial charge in [-0.15, -0.1) is 0 Å². The fraction of sp³-hybridized carbons (Fsp3) is 0.303. The lowest BCUT2D eigenvalue weighted by atomic mass is 9.99. The van der Waals surface area contributed by atoms with Gasteiger partial charge in [0, 0.05) is 29.9 Å². The minimum absolute atomic E-state index is 0.0571. The number of benzene rings is 3. The first-order chi connectivity index (χ1) is 20.9. The lowest BCUT2D eigenvalue weighted by Crippen LogP contribution is -2.36. The highest BCUT2D eigenvalue weighted by molar-refractivity contribution is 6.39.